The van der Waals surface area contributed by atoms with Crippen molar-refractivity contribution in [3.63, 3.8) is 0 Å². The summed E-state index contributed by atoms with van der Waals surface area (Å²) >= 11 is 0. The van der Waals surface area contributed by atoms with E-state index in [1.54, 1.807) is 6.07 Å². The van der Waals surface area contributed by atoms with Gasteiger partial charge in [0.1, 0.15) is 5.82 Å². The number of nitrogens with two attached hydrogens (primary N) is 1. The van der Waals surface area contributed by atoms with Crippen molar-refractivity contribution in [3.8, 4) is 0 Å². The summed E-state index contributed by atoms with van der Waals surface area (Å²) in [6, 6.07) is 4.78. The predicted octanol–water partition coefficient (Wildman–Crippen LogP) is 2.14. The van der Waals surface area contributed by atoms with Gasteiger partial charge < -0.3 is 10.8 Å². The molecule has 1 aliphatic rings. The first-order valence-electron chi connectivity index (χ1n) is 6.49. The van der Waals surface area contributed by atoms with Crippen LogP contribution in [0.3, 0.4) is 0 Å². The number of rotatable bonds is 3. The summed E-state index contributed by atoms with van der Waals surface area (Å²) in [6.45, 7) is 0.615. The first kappa shape index (κ1) is 13.3. The summed E-state index contributed by atoms with van der Waals surface area (Å²) in [5, 5.41) is 9.99. The molecule has 3 nitrogen and oxygen atoms in total. The van der Waals surface area contributed by atoms with Gasteiger partial charge in [-0.05, 0) is 43.7 Å². The third-order valence-electron chi connectivity index (χ3n) is 3.67. The average Bonchev–Trinajstić information content (AvgIpc) is 2.27. The Morgan fingerprint density at radius 1 is 1.33 bits per heavy atom. The normalized spacial score (nSPS) is 24.4. The second kappa shape index (κ2) is 5.67. The van der Waals surface area contributed by atoms with Gasteiger partial charge in [-0.15, -0.1) is 0 Å². The third kappa shape index (κ3) is 3.21. The SMILES string of the molecule is CN(Cc1cc(N)cc(F)c1)C1CCCCC1O. The molecule has 0 amide bonds. The molecule has 0 aliphatic heterocycles. The van der Waals surface area contributed by atoms with Crippen LogP contribution in [0.1, 0.15) is 31.2 Å². The fourth-order valence-corrected chi connectivity index (χ4v) is 2.78. The van der Waals surface area contributed by atoms with Gasteiger partial charge in [0.2, 0.25) is 0 Å². The fourth-order valence-electron chi connectivity index (χ4n) is 2.78. The molecule has 1 aromatic carbocycles. The van der Waals surface area contributed by atoms with Gasteiger partial charge in [-0.3, -0.25) is 4.90 Å². The Hall–Kier alpha value is -1.13. The lowest BCUT2D eigenvalue weighted by Crippen LogP contribution is -2.42. The Morgan fingerprint density at radius 3 is 2.72 bits per heavy atom. The molecule has 0 radical (unpaired) electrons. The summed E-state index contributed by atoms with van der Waals surface area (Å²) in [6.07, 6.45) is 3.84. The van der Waals surface area contributed by atoms with E-state index in [0.29, 0.717) is 12.2 Å². The van der Waals surface area contributed by atoms with Gasteiger partial charge in [0.25, 0.3) is 0 Å². The van der Waals surface area contributed by atoms with Crippen LogP contribution in [0.25, 0.3) is 0 Å². The van der Waals surface area contributed by atoms with Crippen LogP contribution in [0.15, 0.2) is 18.2 Å². The quantitative estimate of drug-likeness (QED) is 0.810. The lowest BCUT2D eigenvalue weighted by Gasteiger charge is -2.35. The molecule has 0 saturated heterocycles. The number of aliphatic hydroxyl groups excluding tert-OH is 1. The van der Waals surface area contributed by atoms with E-state index in [2.05, 4.69) is 4.90 Å². The van der Waals surface area contributed by atoms with Gasteiger partial charge in [0.05, 0.1) is 6.10 Å². The van der Waals surface area contributed by atoms with Crippen LogP contribution in [-0.2, 0) is 6.54 Å². The number of hydrogen-bond donors (Lipinski definition) is 2. The van der Waals surface area contributed by atoms with Crippen molar-refractivity contribution < 1.29 is 9.50 Å². The second-order valence-electron chi connectivity index (χ2n) is 5.23. The van der Waals surface area contributed by atoms with Crippen molar-refractivity contribution in [3.05, 3.63) is 29.6 Å². The van der Waals surface area contributed by atoms with Crippen LogP contribution < -0.4 is 5.73 Å². The first-order valence-corrected chi connectivity index (χ1v) is 6.49. The van der Waals surface area contributed by atoms with E-state index in [4.69, 9.17) is 5.73 Å². The molecule has 18 heavy (non-hydrogen) atoms. The highest BCUT2D eigenvalue weighted by Crippen LogP contribution is 2.24. The van der Waals surface area contributed by atoms with Crippen LogP contribution >= 0.6 is 0 Å². The maximum atomic E-state index is 13.2. The Labute approximate surface area is 107 Å². The molecule has 1 fully saturated rings. The maximum absolute atomic E-state index is 13.2. The molecular weight excluding hydrogens is 231 g/mol. The summed E-state index contributed by atoms with van der Waals surface area (Å²) in [4.78, 5) is 2.10. The number of hydrogen-bond acceptors (Lipinski definition) is 3. The molecule has 4 heteroatoms. The van der Waals surface area contributed by atoms with E-state index in [9.17, 15) is 9.50 Å². The lowest BCUT2D eigenvalue weighted by atomic mass is 9.91. The van der Waals surface area contributed by atoms with Crippen molar-refractivity contribution in [2.24, 2.45) is 0 Å². The largest absolute Gasteiger partial charge is 0.399 e. The lowest BCUT2D eigenvalue weighted by molar-refractivity contribution is 0.0288. The average molecular weight is 252 g/mol. The van der Waals surface area contributed by atoms with Crippen molar-refractivity contribution in [2.75, 3.05) is 12.8 Å². The Kier molecular flexibility index (Phi) is 4.19. The fraction of sp³-hybridized carbons (Fsp3) is 0.571. The van der Waals surface area contributed by atoms with Crippen LogP contribution in [0.4, 0.5) is 10.1 Å². The highest BCUT2D eigenvalue weighted by atomic mass is 19.1. The Balaban J connectivity index is 2.03. The van der Waals surface area contributed by atoms with E-state index < -0.39 is 0 Å². The highest BCUT2D eigenvalue weighted by Gasteiger charge is 2.26. The van der Waals surface area contributed by atoms with Crippen molar-refractivity contribution in [1.29, 1.82) is 0 Å². The summed E-state index contributed by atoms with van der Waals surface area (Å²) in [7, 11) is 1.97. The number of aliphatic hydroxyl groups is 1. The van der Waals surface area contributed by atoms with Crippen molar-refractivity contribution >= 4 is 5.69 Å². The van der Waals surface area contributed by atoms with Gasteiger partial charge in [-0.25, -0.2) is 4.39 Å². The Morgan fingerprint density at radius 2 is 2.06 bits per heavy atom. The zero-order valence-corrected chi connectivity index (χ0v) is 10.8. The zero-order chi connectivity index (χ0) is 13.1. The molecule has 100 valence electrons. The standard InChI is InChI=1S/C14H21FN2O/c1-17(13-4-2-3-5-14(13)18)9-10-6-11(15)8-12(16)7-10/h6-8,13-14,18H,2-5,9,16H2,1H3. The topological polar surface area (TPSA) is 49.5 Å². The molecular formula is C14H21FN2O. The van der Waals surface area contributed by atoms with Gasteiger partial charge in [-0.2, -0.15) is 0 Å². The van der Waals surface area contributed by atoms with Gasteiger partial charge in [0, 0.05) is 18.3 Å². The van der Waals surface area contributed by atoms with E-state index in [0.717, 1.165) is 31.2 Å². The monoisotopic (exact) mass is 252 g/mol. The third-order valence-corrected chi connectivity index (χ3v) is 3.67. The van der Waals surface area contributed by atoms with E-state index in [1.165, 1.54) is 12.1 Å². The minimum absolute atomic E-state index is 0.170. The molecule has 2 atom stereocenters. The predicted molar refractivity (Wildman–Crippen MR) is 70.5 cm³/mol. The molecule has 2 rings (SSSR count). The van der Waals surface area contributed by atoms with Crippen LogP contribution in [0.2, 0.25) is 0 Å². The number of anilines is 1. The molecule has 3 N–H and O–H groups in total. The highest BCUT2D eigenvalue weighted by molar-refractivity contribution is 5.41. The van der Waals surface area contributed by atoms with Crippen molar-refractivity contribution in [2.45, 2.75) is 44.4 Å². The molecule has 0 aromatic heterocycles. The number of likely N-dealkylation sites (N-methyl/N-ethyl adjacent to an activating group) is 1. The van der Waals surface area contributed by atoms with Crippen molar-refractivity contribution in [1.82, 2.24) is 4.90 Å². The minimum atomic E-state index is -0.303. The number of nitrogen functional groups attached to an aromatic ring is 1. The molecule has 0 bridgehead atoms. The molecule has 1 aromatic rings. The van der Waals surface area contributed by atoms with E-state index in [1.807, 2.05) is 7.05 Å². The molecule has 1 aliphatic carbocycles. The number of halogens is 1. The number of benzene rings is 1. The summed E-state index contributed by atoms with van der Waals surface area (Å²) < 4.78 is 13.2. The Bertz CT molecular complexity index is 391. The van der Waals surface area contributed by atoms with E-state index in [-0.39, 0.29) is 18.0 Å². The maximum Gasteiger partial charge on any atom is 0.125 e. The zero-order valence-electron chi connectivity index (χ0n) is 10.8. The van der Waals surface area contributed by atoms with Crippen LogP contribution in [-0.4, -0.2) is 29.2 Å². The smallest absolute Gasteiger partial charge is 0.125 e. The van der Waals surface area contributed by atoms with Gasteiger partial charge in [0.15, 0.2) is 0 Å². The second-order valence-corrected chi connectivity index (χ2v) is 5.23. The molecule has 2 unspecified atom stereocenters. The molecule has 1 saturated carbocycles. The minimum Gasteiger partial charge on any atom is -0.399 e. The summed E-state index contributed by atoms with van der Waals surface area (Å²) in [5.41, 5.74) is 6.93. The van der Waals surface area contributed by atoms with E-state index >= 15 is 0 Å². The molecule has 0 heterocycles. The van der Waals surface area contributed by atoms with Crippen LogP contribution in [0.5, 0.6) is 0 Å². The molecule has 0 spiro atoms. The van der Waals surface area contributed by atoms with Gasteiger partial charge >= 0.3 is 0 Å². The van der Waals surface area contributed by atoms with Crippen LogP contribution in [0, 0.1) is 5.82 Å². The first-order chi connectivity index (χ1) is 8.56. The van der Waals surface area contributed by atoms with Gasteiger partial charge in [-0.1, -0.05) is 12.8 Å². The summed E-state index contributed by atoms with van der Waals surface area (Å²) in [5.74, 6) is -0.303. The number of nitrogens with zero attached hydrogens (tertiary/aromatic N) is 1.